The summed E-state index contributed by atoms with van der Waals surface area (Å²) >= 11 is 0. The molecule has 1 fully saturated rings. The van der Waals surface area contributed by atoms with Gasteiger partial charge in [-0.1, -0.05) is 12.8 Å². The molecule has 4 nitrogen and oxygen atoms in total. The number of aliphatic hydroxyl groups is 1. The Kier molecular flexibility index (Phi) is 3.43. The molecule has 1 aromatic heterocycles. The zero-order valence-electron chi connectivity index (χ0n) is 10.1. The first-order chi connectivity index (χ1) is 8.09. The second-order valence-electron chi connectivity index (χ2n) is 4.80. The highest BCUT2D eigenvalue weighted by Crippen LogP contribution is 2.28. The molecule has 17 heavy (non-hydrogen) atoms. The average Bonchev–Trinajstić information content (AvgIpc) is 2.74. The predicted octanol–water partition coefficient (Wildman–Crippen LogP) is 1.42. The van der Waals surface area contributed by atoms with E-state index in [0.29, 0.717) is 12.1 Å². The summed E-state index contributed by atoms with van der Waals surface area (Å²) in [5.41, 5.74) is 0.717. The zero-order chi connectivity index (χ0) is 12.3. The van der Waals surface area contributed by atoms with Crippen LogP contribution < -0.4 is 5.32 Å². The monoisotopic (exact) mass is 234 g/mol. The van der Waals surface area contributed by atoms with E-state index in [1.54, 1.807) is 18.3 Å². The Labute approximate surface area is 101 Å². The summed E-state index contributed by atoms with van der Waals surface area (Å²) in [5, 5.41) is 12.9. The van der Waals surface area contributed by atoms with Gasteiger partial charge in [-0.15, -0.1) is 0 Å². The third-order valence-corrected chi connectivity index (χ3v) is 3.27. The number of rotatable bonds is 3. The molecule has 0 unspecified atom stereocenters. The van der Waals surface area contributed by atoms with Crippen LogP contribution in [0.2, 0.25) is 0 Å². The van der Waals surface area contributed by atoms with E-state index in [1.807, 2.05) is 6.92 Å². The summed E-state index contributed by atoms with van der Waals surface area (Å²) in [6.07, 6.45) is 5.27. The molecule has 0 bridgehead atoms. The fourth-order valence-electron chi connectivity index (χ4n) is 2.24. The number of hydrogen-bond donors (Lipinski definition) is 2. The van der Waals surface area contributed by atoms with Gasteiger partial charge in [0.05, 0.1) is 5.60 Å². The van der Waals surface area contributed by atoms with Crippen molar-refractivity contribution >= 4 is 5.91 Å². The van der Waals surface area contributed by atoms with Crippen LogP contribution in [0.1, 0.15) is 41.7 Å². The first kappa shape index (κ1) is 12.0. The van der Waals surface area contributed by atoms with Crippen molar-refractivity contribution in [2.75, 3.05) is 6.54 Å². The van der Waals surface area contributed by atoms with Gasteiger partial charge in [0, 0.05) is 24.0 Å². The molecule has 1 saturated carbocycles. The SMILES string of the molecule is Cc1cc(C(=O)NCC2(O)CCCC2)ccn1. The molecule has 2 rings (SSSR count). The molecular weight excluding hydrogens is 216 g/mol. The lowest BCUT2D eigenvalue weighted by Crippen LogP contribution is -2.40. The standard InChI is InChI=1S/C13H18N2O2/c1-10-8-11(4-7-14-10)12(16)15-9-13(17)5-2-3-6-13/h4,7-8,17H,2-3,5-6,9H2,1H3,(H,15,16). The first-order valence-electron chi connectivity index (χ1n) is 6.02. The number of aromatic nitrogens is 1. The third-order valence-electron chi connectivity index (χ3n) is 3.27. The molecule has 4 heteroatoms. The van der Waals surface area contributed by atoms with Gasteiger partial charge in [-0.3, -0.25) is 9.78 Å². The topological polar surface area (TPSA) is 62.2 Å². The van der Waals surface area contributed by atoms with Gasteiger partial charge in [-0.2, -0.15) is 0 Å². The van der Waals surface area contributed by atoms with E-state index in [4.69, 9.17) is 0 Å². The third kappa shape index (κ3) is 3.03. The van der Waals surface area contributed by atoms with Crippen molar-refractivity contribution in [3.8, 4) is 0 Å². The Morgan fingerprint density at radius 3 is 2.88 bits per heavy atom. The lowest BCUT2D eigenvalue weighted by Gasteiger charge is -2.22. The summed E-state index contributed by atoms with van der Waals surface area (Å²) in [6.45, 7) is 2.19. The van der Waals surface area contributed by atoms with Gasteiger partial charge in [-0.05, 0) is 31.9 Å². The van der Waals surface area contributed by atoms with Crippen molar-refractivity contribution in [1.82, 2.24) is 10.3 Å². The van der Waals surface area contributed by atoms with Crippen LogP contribution in [0.5, 0.6) is 0 Å². The summed E-state index contributed by atoms with van der Waals surface area (Å²) in [5.74, 6) is -0.143. The number of carbonyl (C=O) groups excluding carboxylic acids is 1. The fourth-order valence-corrected chi connectivity index (χ4v) is 2.24. The van der Waals surface area contributed by atoms with Crippen LogP contribution in [-0.2, 0) is 0 Å². The minimum atomic E-state index is -0.697. The first-order valence-corrected chi connectivity index (χ1v) is 6.02. The Hall–Kier alpha value is -1.42. The van der Waals surface area contributed by atoms with Gasteiger partial charge >= 0.3 is 0 Å². The lowest BCUT2D eigenvalue weighted by molar-refractivity contribution is 0.0449. The van der Waals surface area contributed by atoms with Crippen LogP contribution >= 0.6 is 0 Å². The van der Waals surface area contributed by atoms with Gasteiger partial charge in [0.2, 0.25) is 0 Å². The van der Waals surface area contributed by atoms with Crippen LogP contribution in [-0.4, -0.2) is 28.1 Å². The van der Waals surface area contributed by atoms with Gasteiger partial charge in [-0.25, -0.2) is 0 Å². The summed E-state index contributed by atoms with van der Waals surface area (Å²) in [7, 11) is 0. The molecule has 0 aliphatic heterocycles. The number of carbonyl (C=O) groups is 1. The van der Waals surface area contributed by atoms with Gasteiger partial charge in [0.15, 0.2) is 0 Å². The molecule has 1 aliphatic rings. The van der Waals surface area contributed by atoms with E-state index >= 15 is 0 Å². The zero-order valence-corrected chi connectivity index (χ0v) is 10.1. The molecule has 0 aromatic carbocycles. The quantitative estimate of drug-likeness (QED) is 0.831. The number of pyridine rings is 1. The molecule has 1 amide bonds. The Morgan fingerprint density at radius 2 is 2.24 bits per heavy atom. The van der Waals surface area contributed by atoms with Crippen molar-refractivity contribution < 1.29 is 9.90 Å². The number of aryl methyl sites for hydroxylation is 1. The highest BCUT2D eigenvalue weighted by atomic mass is 16.3. The summed E-state index contributed by atoms with van der Waals surface area (Å²) < 4.78 is 0. The largest absolute Gasteiger partial charge is 0.388 e. The van der Waals surface area contributed by atoms with E-state index in [0.717, 1.165) is 31.4 Å². The van der Waals surface area contributed by atoms with Crippen molar-refractivity contribution in [2.24, 2.45) is 0 Å². The van der Waals surface area contributed by atoms with Crippen LogP contribution in [0.4, 0.5) is 0 Å². The molecule has 2 N–H and O–H groups in total. The Bertz CT molecular complexity index is 412. The maximum atomic E-state index is 11.8. The lowest BCUT2D eigenvalue weighted by atomic mass is 10.0. The Balaban J connectivity index is 1.93. The number of amides is 1. The van der Waals surface area contributed by atoms with E-state index in [1.165, 1.54) is 0 Å². The highest BCUT2D eigenvalue weighted by Gasteiger charge is 2.31. The molecule has 0 spiro atoms. The molecule has 0 saturated heterocycles. The van der Waals surface area contributed by atoms with Crippen molar-refractivity contribution in [2.45, 2.75) is 38.2 Å². The highest BCUT2D eigenvalue weighted by molar-refractivity contribution is 5.94. The van der Waals surface area contributed by atoms with Crippen molar-refractivity contribution in [3.05, 3.63) is 29.6 Å². The fraction of sp³-hybridized carbons (Fsp3) is 0.538. The minimum Gasteiger partial charge on any atom is -0.388 e. The van der Waals surface area contributed by atoms with Crippen LogP contribution in [0, 0.1) is 6.92 Å². The van der Waals surface area contributed by atoms with Gasteiger partial charge < -0.3 is 10.4 Å². The van der Waals surface area contributed by atoms with Crippen LogP contribution in [0.25, 0.3) is 0 Å². The van der Waals surface area contributed by atoms with Crippen LogP contribution in [0.15, 0.2) is 18.3 Å². The molecule has 1 heterocycles. The molecule has 92 valence electrons. The van der Waals surface area contributed by atoms with Crippen molar-refractivity contribution in [3.63, 3.8) is 0 Å². The number of nitrogens with one attached hydrogen (secondary N) is 1. The Morgan fingerprint density at radius 1 is 1.53 bits per heavy atom. The molecule has 1 aliphatic carbocycles. The van der Waals surface area contributed by atoms with Crippen LogP contribution in [0.3, 0.4) is 0 Å². The molecule has 0 atom stereocenters. The van der Waals surface area contributed by atoms with E-state index < -0.39 is 5.60 Å². The van der Waals surface area contributed by atoms with Gasteiger partial charge in [0.25, 0.3) is 5.91 Å². The molecule has 1 aromatic rings. The van der Waals surface area contributed by atoms with Crippen molar-refractivity contribution in [1.29, 1.82) is 0 Å². The van der Waals surface area contributed by atoms with E-state index in [9.17, 15) is 9.90 Å². The summed E-state index contributed by atoms with van der Waals surface area (Å²) in [6, 6.07) is 3.43. The van der Waals surface area contributed by atoms with E-state index in [2.05, 4.69) is 10.3 Å². The maximum absolute atomic E-state index is 11.8. The molecular formula is C13H18N2O2. The number of hydrogen-bond acceptors (Lipinski definition) is 3. The maximum Gasteiger partial charge on any atom is 0.251 e. The number of nitrogens with zero attached hydrogens (tertiary/aromatic N) is 1. The minimum absolute atomic E-state index is 0.143. The normalized spacial score (nSPS) is 18.0. The predicted molar refractivity (Wildman–Crippen MR) is 64.7 cm³/mol. The smallest absolute Gasteiger partial charge is 0.251 e. The van der Waals surface area contributed by atoms with Gasteiger partial charge in [0.1, 0.15) is 0 Å². The molecule has 0 radical (unpaired) electrons. The van der Waals surface area contributed by atoms with E-state index in [-0.39, 0.29) is 5.91 Å². The average molecular weight is 234 g/mol. The summed E-state index contributed by atoms with van der Waals surface area (Å²) in [4.78, 5) is 15.9. The second kappa shape index (κ2) is 4.84. The second-order valence-corrected chi connectivity index (χ2v) is 4.80.